The second-order valence-electron chi connectivity index (χ2n) is 7.73. The molecule has 2 aromatic rings. The first kappa shape index (κ1) is 20.2. The van der Waals surface area contributed by atoms with Gasteiger partial charge >= 0.3 is 0 Å². The molecule has 0 unspecified atom stereocenters. The first-order valence-electron chi connectivity index (χ1n) is 10.3. The van der Waals surface area contributed by atoms with E-state index in [1.54, 1.807) is 21.9 Å². The van der Waals surface area contributed by atoms with Crippen LogP contribution in [0.5, 0.6) is 0 Å². The Hall–Kier alpha value is -3.13. The summed E-state index contributed by atoms with van der Waals surface area (Å²) in [6.07, 6.45) is 1.44. The van der Waals surface area contributed by atoms with E-state index in [0.717, 1.165) is 18.7 Å². The Morgan fingerprint density at radius 3 is 2.53 bits per heavy atom. The van der Waals surface area contributed by atoms with Crippen LogP contribution in [-0.2, 0) is 9.59 Å². The summed E-state index contributed by atoms with van der Waals surface area (Å²) in [6, 6.07) is 10.9. The van der Waals surface area contributed by atoms with Crippen molar-refractivity contribution in [3.8, 4) is 0 Å². The van der Waals surface area contributed by atoms with Gasteiger partial charge in [0.1, 0.15) is 5.76 Å². The minimum absolute atomic E-state index is 0.110. The highest BCUT2D eigenvalue weighted by molar-refractivity contribution is 5.97. The summed E-state index contributed by atoms with van der Waals surface area (Å²) >= 11 is 0. The Bertz CT molecular complexity index is 946. The number of furan rings is 1. The number of carbonyl (C=O) groups excluding carboxylic acids is 3. The molecule has 1 aromatic heterocycles. The van der Waals surface area contributed by atoms with Crippen LogP contribution in [0.25, 0.3) is 0 Å². The number of nitrogens with one attached hydrogen (secondary N) is 1. The van der Waals surface area contributed by atoms with E-state index < -0.39 is 0 Å². The minimum Gasteiger partial charge on any atom is -0.456 e. The molecule has 0 atom stereocenters. The highest BCUT2D eigenvalue weighted by Gasteiger charge is 2.25. The summed E-state index contributed by atoms with van der Waals surface area (Å²) in [7, 11) is 0. The third kappa shape index (κ3) is 4.54. The van der Waals surface area contributed by atoms with Crippen molar-refractivity contribution in [1.82, 2.24) is 9.80 Å². The van der Waals surface area contributed by atoms with Crippen molar-refractivity contribution >= 4 is 29.1 Å². The fraction of sp³-hybridized carbons (Fsp3) is 0.409. The van der Waals surface area contributed by atoms with Gasteiger partial charge in [0.05, 0.1) is 6.54 Å². The minimum atomic E-state index is -0.111. The largest absolute Gasteiger partial charge is 0.456 e. The number of amides is 3. The molecule has 1 N–H and O–H groups in total. The lowest BCUT2D eigenvalue weighted by molar-refractivity contribution is -0.118. The van der Waals surface area contributed by atoms with Crippen molar-refractivity contribution in [3.05, 3.63) is 47.9 Å². The molecular weight excluding hydrogens is 384 g/mol. The van der Waals surface area contributed by atoms with Crippen molar-refractivity contribution in [1.29, 1.82) is 0 Å². The Labute approximate surface area is 175 Å². The standard InChI is InChI=1S/C22H26N4O4/c1-16-7-8-19(30-16)22(29)25-12-10-24(11-13-25)15-20(27)23-17-4-2-5-18(14-17)26-9-3-6-21(26)28/h2,4-5,7-8,14H,3,6,9-13,15H2,1H3,(H,23,27). The van der Waals surface area contributed by atoms with Gasteiger partial charge in [0.25, 0.3) is 5.91 Å². The van der Waals surface area contributed by atoms with E-state index in [2.05, 4.69) is 5.32 Å². The van der Waals surface area contributed by atoms with Gasteiger partial charge in [0.15, 0.2) is 5.76 Å². The Morgan fingerprint density at radius 1 is 1.07 bits per heavy atom. The van der Waals surface area contributed by atoms with Gasteiger partial charge in [-0.25, -0.2) is 0 Å². The molecule has 158 valence electrons. The molecule has 2 aliphatic rings. The van der Waals surface area contributed by atoms with Crippen LogP contribution in [0, 0.1) is 6.92 Å². The van der Waals surface area contributed by atoms with Crippen LogP contribution in [0.15, 0.2) is 40.8 Å². The van der Waals surface area contributed by atoms with E-state index in [1.807, 2.05) is 36.1 Å². The molecule has 8 heteroatoms. The van der Waals surface area contributed by atoms with Crippen LogP contribution in [0.3, 0.4) is 0 Å². The molecule has 4 rings (SSSR count). The van der Waals surface area contributed by atoms with Crippen molar-refractivity contribution in [3.63, 3.8) is 0 Å². The summed E-state index contributed by atoms with van der Waals surface area (Å²) in [4.78, 5) is 42.4. The summed E-state index contributed by atoms with van der Waals surface area (Å²) in [5.41, 5.74) is 1.50. The molecule has 1 aromatic carbocycles. The molecule has 0 bridgehead atoms. The number of benzene rings is 1. The number of rotatable bonds is 5. The van der Waals surface area contributed by atoms with Gasteiger partial charge in [-0.15, -0.1) is 0 Å². The Morgan fingerprint density at radius 2 is 1.87 bits per heavy atom. The molecular formula is C22H26N4O4. The number of hydrogen-bond donors (Lipinski definition) is 1. The van der Waals surface area contributed by atoms with Gasteiger partial charge in [-0.3, -0.25) is 19.3 Å². The maximum absolute atomic E-state index is 12.5. The third-order valence-corrected chi connectivity index (χ3v) is 5.49. The van der Waals surface area contributed by atoms with E-state index in [4.69, 9.17) is 4.42 Å². The molecule has 30 heavy (non-hydrogen) atoms. The Balaban J connectivity index is 1.27. The van der Waals surface area contributed by atoms with Gasteiger partial charge < -0.3 is 19.5 Å². The van der Waals surface area contributed by atoms with Gasteiger partial charge in [0.2, 0.25) is 11.8 Å². The summed E-state index contributed by atoms with van der Waals surface area (Å²) in [5.74, 6) is 0.972. The van der Waals surface area contributed by atoms with Crippen LogP contribution < -0.4 is 10.2 Å². The molecule has 0 saturated carbocycles. The first-order valence-corrected chi connectivity index (χ1v) is 10.3. The van der Waals surface area contributed by atoms with Crippen molar-refractivity contribution < 1.29 is 18.8 Å². The van der Waals surface area contributed by atoms with Crippen LogP contribution in [0.4, 0.5) is 11.4 Å². The molecule has 0 radical (unpaired) electrons. The summed E-state index contributed by atoms with van der Waals surface area (Å²) in [6.45, 7) is 5.15. The second-order valence-corrected chi connectivity index (χ2v) is 7.73. The monoisotopic (exact) mass is 410 g/mol. The zero-order valence-corrected chi connectivity index (χ0v) is 17.1. The SMILES string of the molecule is Cc1ccc(C(=O)N2CCN(CC(=O)Nc3cccc(N4CCCC4=O)c3)CC2)o1. The Kier molecular flexibility index (Phi) is 5.85. The third-order valence-electron chi connectivity index (χ3n) is 5.49. The van der Waals surface area contributed by atoms with Crippen molar-refractivity contribution in [2.45, 2.75) is 19.8 Å². The molecule has 2 saturated heterocycles. The lowest BCUT2D eigenvalue weighted by Gasteiger charge is -2.33. The van der Waals surface area contributed by atoms with E-state index in [9.17, 15) is 14.4 Å². The number of aryl methyl sites for hydroxylation is 1. The second kappa shape index (κ2) is 8.71. The van der Waals surface area contributed by atoms with Crippen LogP contribution in [-0.4, -0.2) is 66.8 Å². The predicted molar refractivity (Wildman–Crippen MR) is 112 cm³/mol. The highest BCUT2D eigenvalue weighted by Crippen LogP contribution is 2.24. The van der Waals surface area contributed by atoms with Crippen molar-refractivity contribution in [2.75, 3.05) is 49.5 Å². The average Bonchev–Trinajstić information content (AvgIpc) is 3.36. The molecule has 2 aliphatic heterocycles. The van der Waals surface area contributed by atoms with E-state index in [1.165, 1.54) is 0 Å². The van der Waals surface area contributed by atoms with Crippen molar-refractivity contribution in [2.24, 2.45) is 0 Å². The molecule has 3 heterocycles. The van der Waals surface area contributed by atoms with Crippen LogP contribution in [0.2, 0.25) is 0 Å². The van der Waals surface area contributed by atoms with E-state index in [-0.39, 0.29) is 24.3 Å². The van der Waals surface area contributed by atoms with E-state index in [0.29, 0.717) is 49.8 Å². The van der Waals surface area contributed by atoms with Crippen LogP contribution in [0.1, 0.15) is 29.2 Å². The number of hydrogen-bond acceptors (Lipinski definition) is 5. The zero-order chi connectivity index (χ0) is 21.1. The van der Waals surface area contributed by atoms with E-state index >= 15 is 0 Å². The maximum atomic E-state index is 12.5. The number of anilines is 2. The fourth-order valence-electron chi connectivity index (χ4n) is 3.89. The normalized spacial score (nSPS) is 17.4. The van der Waals surface area contributed by atoms with Gasteiger partial charge in [-0.2, -0.15) is 0 Å². The summed E-state index contributed by atoms with van der Waals surface area (Å²) < 4.78 is 5.42. The number of nitrogens with zero attached hydrogens (tertiary/aromatic N) is 3. The number of carbonyl (C=O) groups is 3. The lowest BCUT2D eigenvalue weighted by atomic mass is 10.2. The van der Waals surface area contributed by atoms with Gasteiger partial charge in [-0.05, 0) is 43.7 Å². The molecule has 8 nitrogen and oxygen atoms in total. The highest BCUT2D eigenvalue weighted by atomic mass is 16.3. The summed E-state index contributed by atoms with van der Waals surface area (Å²) in [5, 5.41) is 2.92. The quantitative estimate of drug-likeness (QED) is 0.816. The topological polar surface area (TPSA) is 86.1 Å². The molecule has 2 fully saturated rings. The lowest BCUT2D eigenvalue weighted by Crippen LogP contribution is -2.50. The molecule has 3 amide bonds. The zero-order valence-electron chi connectivity index (χ0n) is 17.1. The van der Waals surface area contributed by atoms with Gasteiger partial charge in [0, 0.05) is 50.5 Å². The number of piperazine rings is 1. The molecule has 0 spiro atoms. The smallest absolute Gasteiger partial charge is 0.289 e. The average molecular weight is 410 g/mol. The van der Waals surface area contributed by atoms with Crippen LogP contribution >= 0.6 is 0 Å². The van der Waals surface area contributed by atoms with Gasteiger partial charge in [-0.1, -0.05) is 6.07 Å². The predicted octanol–water partition coefficient (Wildman–Crippen LogP) is 2.11. The maximum Gasteiger partial charge on any atom is 0.289 e. The first-order chi connectivity index (χ1) is 14.5. The molecule has 0 aliphatic carbocycles. The fourth-order valence-corrected chi connectivity index (χ4v) is 3.89.